The summed E-state index contributed by atoms with van der Waals surface area (Å²) in [5.74, 6) is 0.201. The molecular weight excluding hydrogens is 234 g/mol. The zero-order chi connectivity index (χ0) is 12.3. The normalized spacial score (nSPS) is 10.9. The number of Topliss-reactive ketones (excluding diaryl/α,β-unsaturated/α-hetero) is 1. The summed E-state index contributed by atoms with van der Waals surface area (Å²) in [6.45, 7) is 2.13. The molecule has 2 aromatic rings. The molecule has 0 unspecified atom stereocenters. The fourth-order valence-corrected chi connectivity index (χ4v) is 2.17. The molecule has 17 heavy (non-hydrogen) atoms. The topological polar surface area (TPSA) is 32.9 Å². The maximum absolute atomic E-state index is 12.0. The first kappa shape index (κ1) is 12.2. The van der Waals surface area contributed by atoms with Crippen molar-refractivity contribution in [3.63, 3.8) is 0 Å². The predicted octanol–water partition coefficient (Wildman–Crippen LogP) is 4.58. The van der Waals surface area contributed by atoms with Crippen LogP contribution in [0.15, 0.2) is 24.4 Å². The Morgan fingerprint density at radius 2 is 2.18 bits per heavy atom. The summed E-state index contributed by atoms with van der Waals surface area (Å²) in [5.41, 5.74) is 1.73. The molecule has 0 aliphatic rings. The second-order valence-electron chi connectivity index (χ2n) is 4.27. The smallest absolute Gasteiger partial charge is 0.165 e. The van der Waals surface area contributed by atoms with Crippen LogP contribution >= 0.6 is 11.6 Å². The molecule has 2 nitrogen and oxygen atoms in total. The number of benzene rings is 1. The summed E-state index contributed by atoms with van der Waals surface area (Å²) in [6, 6.07) is 5.58. The van der Waals surface area contributed by atoms with E-state index in [1.807, 2.05) is 18.2 Å². The van der Waals surface area contributed by atoms with Crippen molar-refractivity contribution in [2.24, 2.45) is 0 Å². The molecule has 1 N–H and O–H groups in total. The van der Waals surface area contributed by atoms with Crippen molar-refractivity contribution in [2.45, 2.75) is 32.6 Å². The number of nitrogens with one attached hydrogen (secondary N) is 1. The quantitative estimate of drug-likeness (QED) is 0.610. The van der Waals surface area contributed by atoms with Crippen LogP contribution in [0, 0.1) is 0 Å². The van der Waals surface area contributed by atoms with E-state index in [-0.39, 0.29) is 5.78 Å². The Morgan fingerprint density at radius 1 is 1.35 bits per heavy atom. The third kappa shape index (κ3) is 2.70. The van der Waals surface area contributed by atoms with Gasteiger partial charge in [-0.15, -0.1) is 0 Å². The van der Waals surface area contributed by atoms with Crippen molar-refractivity contribution in [3.05, 3.63) is 35.0 Å². The van der Waals surface area contributed by atoms with Crippen molar-refractivity contribution >= 4 is 28.3 Å². The molecule has 0 fully saturated rings. The Balaban J connectivity index is 2.23. The number of hydrogen-bond donors (Lipinski definition) is 1. The fourth-order valence-electron chi connectivity index (χ4n) is 1.99. The lowest BCUT2D eigenvalue weighted by molar-refractivity contribution is 0.0981. The van der Waals surface area contributed by atoms with E-state index < -0.39 is 0 Å². The molecule has 0 amide bonds. The van der Waals surface area contributed by atoms with Gasteiger partial charge in [-0.1, -0.05) is 31.4 Å². The zero-order valence-electron chi connectivity index (χ0n) is 9.92. The van der Waals surface area contributed by atoms with Crippen LogP contribution in [0.25, 0.3) is 10.9 Å². The van der Waals surface area contributed by atoms with Gasteiger partial charge in [0, 0.05) is 34.1 Å². The second kappa shape index (κ2) is 5.37. The molecule has 1 aromatic heterocycles. The number of aromatic nitrogens is 1. The van der Waals surface area contributed by atoms with Crippen LogP contribution in [0.4, 0.5) is 0 Å². The van der Waals surface area contributed by atoms with Gasteiger partial charge >= 0.3 is 0 Å². The van der Waals surface area contributed by atoms with Crippen LogP contribution in [-0.4, -0.2) is 10.8 Å². The summed E-state index contributed by atoms with van der Waals surface area (Å²) in [7, 11) is 0. The molecule has 0 saturated carbocycles. The monoisotopic (exact) mass is 249 g/mol. The molecule has 3 heteroatoms. The van der Waals surface area contributed by atoms with Crippen LogP contribution in [0.1, 0.15) is 43.0 Å². The van der Waals surface area contributed by atoms with E-state index in [0.29, 0.717) is 11.4 Å². The summed E-state index contributed by atoms with van der Waals surface area (Å²) >= 11 is 5.95. The Labute approximate surface area is 106 Å². The van der Waals surface area contributed by atoms with E-state index in [4.69, 9.17) is 11.6 Å². The first-order valence-electron chi connectivity index (χ1n) is 6.02. The van der Waals surface area contributed by atoms with Crippen LogP contribution in [0.3, 0.4) is 0 Å². The average Bonchev–Trinajstić information content (AvgIpc) is 2.72. The van der Waals surface area contributed by atoms with E-state index in [2.05, 4.69) is 11.9 Å². The highest BCUT2D eigenvalue weighted by Crippen LogP contribution is 2.23. The van der Waals surface area contributed by atoms with Gasteiger partial charge in [0.1, 0.15) is 0 Å². The number of carbonyl (C=O) groups excluding carboxylic acids is 1. The van der Waals surface area contributed by atoms with Crippen molar-refractivity contribution < 1.29 is 4.79 Å². The molecular formula is C14H16ClNO. The second-order valence-corrected chi connectivity index (χ2v) is 4.71. The van der Waals surface area contributed by atoms with Gasteiger partial charge < -0.3 is 4.98 Å². The van der Waals surface area contributed by atoms with E-state index in [1.165, 1.54) is 0 Å². The number of unbranched alkanes of at least 4 members (excludes halogenated alkanes) is 2. The molecule has 0 bridgehead atoms. The van der Waals surface area contributed by atoms with Crippen LogP contribution in [-0.2, 0) is 0 Å². The lowest BCUT2D eigenvalue weighted by Crippen LogP contribution is -1.97. The van der Waals surface area contributed by atoms with Gasteiger partial charge in [0.05, 0.1) is 0 Å². The Bertz CT molecular complexity index is 530. The largest absolute Gasteiger partial charge is 0.360 e. The third-order valence-electron chi connectivity index (χ3n) is 2.95. The summed E-state index contributed by atoms with van der Waals surface area (Å²) in [6.07, 6.45) is 5.60. The van der Waals surface area contributed by atoms with Crippen molar-refractivity contribution in [1.29, 1.82) is 0 Å². The molecule has 1 aromatic carbocycles. The van der Waals surface area contributed by atoms with Crippen LogP contribution in [0.5, 0.6) is 0 Å². The molecule has 1 heterocycles. The SMILES string of the molecule is CCCCCC(=O)c1c[nH]c2ccc(Cl)cc12. The molecule has 0 atom stereocenters. The van der Waals surface area contributed by atoms with Crippen molar-refractivity contribution in [3.8, 4) is 0 Å². The minimum atomic E-state index is 0.201. The van der Waals surface area contributed by atoms with E-state index in [9.17, 15) is 4.79 Å². The Morgan fingerprint density at radius 3 is 2.94 bits per heavy atom. The molecule has 2 rings (SSSR count). The Kier molecular flexibility index (Phi) is 3.85. The zero-order valence-corrected chi connectivity index (χ0v) is 10.7. The van der Waals surface area contributed by atoms with Gasteiger partial charge in [-0.05, 0) is 24.6 Å². The fraction of sp³-hybridized carbons (Fsp3) is 0.357. The molecule has 0 aliphatic heterocycles. The van der Waals surface area contributed by atoms with E-state index in [1.54, 1.807) is 6.20 Å². The van der Waals surface area contributed by atoms with Crippen LogP contribution in [0.2, 0.25) is 5.02 Å². The van der Waals surface area contributed by atoms with Crippen molar-refractivity contribution in [1.82, 2.24) is 4.98 Å². The van der Waals surface area contributed by atoms with Gasteiger partial charge in [-0.25, -0.2) is 0 Å². The molecule has 0 radical (unpaired) electrons. The molecule has 90 valence electrons. The highest BCUT2D eigenvalue weighted by molar-refractivity contribution is 6.31. The molecule has 0 saturated heterocycles. The minimum Gasteiger partial charge on any atom is -0.360 e. The minimum absolute atomic E-state index is 0.201. The number of halogens is 1. The number of fused-ring (bicyclic) bond motifs is 1. The van der Waals surface area contributed by atoms with Gasteiger partial charge in [-0.3, -0.25) is 4.79 Å². The highest BCUT2D eigenvalue weighted by Gasteiger charge is 2.11. The van der Waals surface area contributed by atoms with Crippen LogP contribution < -0.4 is 0 Å². The molecule has 0 spiro atoms. The van der Waals surface area contributed by atoms with E-state index >= 15 is 0 Å². The average molecular weight is 250 g/mol. The van der Waals surface area contributed by atoms with Gasteiger partial charge in [-0.2, -0.15) is 0 Å². The first-order valence-corrected chi connectivity index (χ1v) is 6.40. The van der Waals surface area contributed by atoms with Crippen molar-refractivity contribution in [2.75, 3.05) is 0 Å². The number of H-pyrrole nitrogens is 1. The number of hydrogen-bond acceptors (Lipinski definition) is 1. The summed E-state index contributed by atoms with van der Waals surface area (Å²) in [5, 5.41) is 1.60. The standard InChI is InChI=1S/C14H16ClNO/c1-2-3-4-5-14(17)12-9-16-13-7-6-10(15)8-11(12)13/h6-9,16H,2-5H2,1H3. The lowest BCUT2D eigenvalue weighted by Gasteiger charge is -1.99. The summed E-state index contributed by atoms with van der Waals surface area (Å²) in [4.78, 5) is 15.2. The van der Waals surface area contributed by atoms with Gasteiger partial charge in [0.2, 0.25) is 0 Å². The number of carbonyl (C=O) groups is 1. The number of aromatic amines is 1. The third-order valence-corrected chi connectivity index (χ3v) is 3.19. The van der Waals surface area contributed by atoms with E-state index in [0.717, 1.165) is 35.7 Å². The maximum Gasteiger partial charge on any atom is 0.165 e. The lowest BCUT2D eigenvalue weighted by atomic mass is 10.0. The number of ketones is 1. The van der Waals surface area contributed by atoms with Gasteiger partial charge in [0.25, 0.3) is 0 Å². The van der Waals surface area contributed by atoms with Gasteiger partial charge in [0.15, 0.2) is 5.78 Å². The Hall–Kier alpha value is -1.28. The highest BCUT2D eigenvalue weighted by atomic mass is 35.5. The maximum atomic E-state index is 12.0. The first-order chi connectivity index (χ1) is 8.22. The predicted molar refractivity (Wildman–Crippen MR) is 71.8 cm³/mol. The number of rotatable bonds is 5. The summed E-state index contributed by atoms with van der Waals surface area (Å²) < 4.78 is 0. The molecule has 0 aliphatic carbocycles.